The standard InChI is InChI=1S/C11H14F2N2O3/c1-3-18-11(16)8-7(17-2)4-6(5-14)15-9(8)10(12)13/h4,10H,3,5,14H2,1-2H3. The van der Waals surface area contributed by atoms with Crippen LogP contribution in [0.1, 0.15) is 35.1 Å². The molecule has 0 saturated heterocycles. The van der Waals surface area contributed by atoms with Crippen LogP contribution in [0, 0.1) is 0 Å². The number of hydrogen-bond acceptors (Lipinski definition) is 5. The summed E-state index contributed by atoms with van der Waals surface area (Å²) in [7, 11) is 1.27. The maximum Gasteiger partial charge on any atom is 0.344 e. The van der Waals surface area contributed by atoms with Gasteiger partial charge in [0.25, 0.3) is 6.43 Å². The van der Waals surface area contributed by atoms with Crippen molar-refractivity contribution in [3.63, 3.8) is 0 Å². The number of rotatable bonds is 5. The zero-order valence-corrected chi connectivity index (χ0v) is 10.1. The highest BCUT2D eigenvalue weighted by Gasteiger charge is 2.26. The predicted molar refractivity (Wildman–Crippen MR) is 59.6 cm³/mol. The van der Waals surface area contributed by atoms with Gasteiger partial charge in [0.2, 0.25) is 0 Å². The van der Waals surface area contributed by atoms with Crippen LogP contribution in [0.5, 0.6) is 5.75 Å². The number of methoxy groups -OCH3 is 1. The molecule has 0 spiro atoms. The van der Waals surface area contributed by atoms with Crippen molar-refractivity contribution in [1.29, 1.82) is 0 Å². The molecule has 2 N–H and O–H groups in total. The van der Waals surface area contributed by atoms with Crippen LogP contribution in [0.25, 0.3) is 0 Å². The zero-order chi connectivity index (χ0) is 13.7. The SMILES string of the molecule is CCOC(=O)c1c(OC)cc(CN)nc1C(F)F. The molecule has 0 fully saturated rings. The summed E-state index contributed by atoms with van der Waals surface area (Å²) >= 11 is 0. The maximum absolute atomic E-state index is 12.9. The minimum Gasteiger partial charge on any atom is -0.496 e. The summed E-state index contributed by atoms with van der Waals surface area (Å²) in [5, 5.41) is 0. The van der Waals surface area contributed by atoms with Gasteiger partial charge in [0, 0.05) is 12.6 Å². The summed E-state index contributed by atoms with van der Waals surface area (Å²) in [6.45, 7) is 1.62. The number of aromatic nitrogens is 1. The van der Waals surface area contributed by atoms with Gasteiger partial charge in [-0.25, -0.2) is 18.6 Å². The summed E-state index contributed by atoms with van der Waals surface area (Å²) in [6.07, 6.45) is -2.91. The first-order chi connectivity index (χ1) is 8.54. The average molecular weight is 260 g/mol. The van der Waals surface area contributed by atoms with E-state index in [4.69, 9.17) is 15.2 Å². The fraction of sp³-hybridized carbons (Fsp3) is 0.455. The summed E-state index contributed by atoms with van der Waals surface area (Å²) in [5.41, 5.74) is 4.54. The van der Waals surface area contributed by atoms with Gasteiger partial charge in [-0.15, -0.1) is 0 Å². The number of esters is 1. The van der Waals surface area contributed by atoms with E-state index in [0.29, 0.717) is 0 Å². The quantitative estimate of drug-likeness (QED) is 0.815. The molecular formula is C11H14F2N2O3. The van der Waals surface area contributed by atoms with E-state index in [0.717, 1.165) is 0 Å². The van der Waals surface area contributed by atoms with E-state index in [1.54, 1.807) is 6.92 Å². The van der Waals surface area contributed by atoms with E-state index in [1.807, 2.05) is 0 Å². The van der Waals surface area contributed by atoms with E-state index >= 15 is 0 Å². The van der Waals surface area contributed by atoms with Crippen LogP contribution in [0.2, 0.25) is 0 Å². The molecule has 0 aliphatic heterocycles. The smallest absolute Gasteiger partial charge is 0.344 e. The van der Waals surface area contributed by atoms with Gasteiger partial charge in [-0.1, -0.05) is 0 Å². The first-order valence-corrected chi connectivity index (χ1v) is 5.28. The summed E-state index contributed by atoms with van der Waals surface area (Å²) in [5.74, 6) is -0.903. The van der Waals surface area contributed by atoms with Crippen molar-refractivity contribution in [2.75, 3.05) is 13.7 Å². The third-order valence-corrected chi connectivity index (χ3v) is 2.18. The van der Waals surface area contributed by atoms with Gasteiger partial charge in [-0.05, 0) is 6.92 Å². The molecule has 0 bridgehead atoms. The molecule has 0 radical (unpaired) electrons. The van der Waals surface area contributed by atoms with Crippen molar-refractivity contribution < 1.29 is 23.0 Å². The molecule has 1 rings (SSSR count). The Labute approximate surface area is 103 Å². The van der Waals surface area contributed by atoms with Crippen molar-refractivity contribution in [1.82, 2.24) is 4.98 Å². The first-order valence-electron chi connectivity index (χ1n) is 5.28. The van der Waals surface area contributed by atoms with Crippen LogP contribution in [0.15, 0.2) is 6.07 Å². The van der Waals surface area contributed by atoms with E-state index in [1.165, 1.54) is 13.2 Å². The topological polar surface area (TPSA) is 74.4 Å². The zero-order valence-electron chi connectivity index (χ0n) is 10.1. The predicted octanol–water partition coefficient (Wildman–Crippen LogP) is 1.66. The number of carbonyl (C=O) groups excluding carboxylic acids is 1. The van der Waals surface area contributed by atoms with Crippen molar-refractivity contribution >= 4 is 5.97 Å². The van der Waals surface area contributed by atoms with E-state index < -0.39 is 18.1 Å². The number of alkyl halides is 2. The summed E-state index contributed by atoms with van der Waals surface area (Å²) in [4.78, 5) is 15.3. The van der Waals surface area contributed by atoms with Gasteiger partial charge in [-0.2, -0.15) is 0 Å². The molecule has 100 valence electrons. The van der Waals surface area contributed by atoms with Crippen LogP contribution < -0.4 is 10.5 Å². The largest absolute Gasteiger partial charge is 0.496 e. The Balaban J connectivity index is 3.39. The van der Waals surface area contributed by atoms with Crippen LogP contribution in [0.4, 0.5) is 8.78 Å². The molecule has 1 aromatic heterocycles. The van der Waals surface area contributed by atoms with Crippen LogP contribution in [0.3, 0.4) is 0 Å². The van der Waals surface area contributed by atoms with Gasteiger partial charge < -0.3 is 15.2 Å². The fourth-order valence-electron chi connectivity index (χ4n) is 1.42. The highest BCUT2D eigenvalue weighted by molar-refractivity contribution is 5.93. The van der Waals surface area contributed by atoms with Crippen LogP contribution >= 0.6 is 0 Å². The second-order valence-corrected chi connectivity index (χ2v) is 3.30. The van der Waals surface area contributed by atoms with Gasteiger partial charge in [-0.3, -0.25) is 0 Å². The van der Waals surface area contributed by atoms with Crippen molar-refractivity contribution in [2.45, 2.75) is 19.9 Å². The van der Waals surface area contributed by atoms with Gasteiger partial charge in [0.05, 0.1) is 19.4 Å². The number of hydrogen-bond donors (Lipinski definition) is 1. The maximum atomic E-state index is 12.9. The third kappa shape index (κ3) is 2.92. The molecule has 1 aromatic rings. The van der Waals surface area contributed by atoms with Gasteiger partial charge in [0.15, 0.2) is 0 Å². The number of pyridine rings is 1. The number of nitrogens with two attached hydrogens (primary N) is 1. The lowest BCUT2D eigenvalue weighted by atomic mass is 10.1. The molecule has 0 unspecified atom stereocenters. The lowest BCUT2D eigenvalue weighted by Crippen LogP contribution is -2.14. The molecule has 0 aromatic carbocycles. The molecule has 0 aliphatic carbocycles. The van der Waals surface area contributed by atoms with E-state index in [-0.39, 0.29) is 30.2 Å². The van der Waals surface area contributed by atoms with Crippen LogP contribution in [-0.4, -0.2) is 24.7 Å². The third-order valence-electron chi connectivity index (χ3n) is 2.18. The number of carbonyl (C=O) groups is 1. The van der Waals surface area contributed by atoms with E-state index in [2.05, 4.69) is 4.98 Å². The normalized spacial score (nSPS) is 10.6. The first kappa shape index (κ1) is 14.3. The molecule has 7 heteroatoms. The number of ether oxygens (including phenoxy) is 2. The summed E-state index contributed by atoms with van der Waals surface area (Å²) < 4.78 is 35.4. The number of halogens is 2. The molecule has 5 nitrogen and oxygen atoms in total. The van der Waals surface area contributed by atoms with E-state index in [9.17, 15) is 13.6 Å². The molecule has 1 heterocycles. The molecule has 0 aliphatic rings. The van der Waals surface area contributed by atoms with Crippen molar-refractivity contribution in [2.24, 2.45) is 5.73 Å². The summed E-state index contributed by atoms with van der Waals surface area (Å²) in [6, 6.07) is 1.35. The van der Waals surface area contributed by atoms with Gasteiger partial charge >= 0.3 is 5.97 Å². The lowest BCUT2D eigenvalue weighted by molar-refractivity contribution is 0.0509. The fourth-order valence-corrected chi connectivity index (χ4v) is 1.42. The minimum atomic E-state index is -2.91. The minimum absolute atomic E-state index is 0.0146. The Hall–Kier alpha value is -1.76. The highest BCUT2D eigenvalue weighted by atomic mass is 19.3. The molecule has 18 heavy (non-hydrogen) atoms. The average Bonchev–Trinajstić information content (AvgIpc) is 2.37. The van der Waals surface area contributed by atoms with Crippen LogP contribution in [-0.2, 0) is 11.3 Å². The Morgan fingerprint density at radius 2 is 2.22 bits per heavy atom. The number of nitrogens with zero attached hydrogens (tertiary/aromatic N) is 1. The Kier molecular flexibility index (Phi) is 4.96. The molecule has 0 amide bonds. The molecule has 0 atom stereocenters. The van der Waals surface area contributed by atoms with Crippen molar-refractivity contribution in [3.8, 4) is 5.75 Å². The Morgan fingerprint density at radius 1 is 1.56 bits per heavy atom. The van der Waals surface area contributed by atoms with Gasteiger partial charge in [0.1, 0.15) is 17.0 Å². The molecular weight excluding hydrogens is 246 g/mol. The Bertz CT molecular complexity index is 439. The monoisotopic (exact) mass is 260 g/mol. The second-order valence-electron chi connectivity index (χ2n) is 3.30. The highest BCUT2D eigenvalue weighted by Crippen LogP contribution is 2.29. The molecule has 0 saturated carbocycles. The second kappa shape index (κ2) is 6.25. The van der Waals surface area contributed by atoms with Crippen molar-refractivity contribution in [3.05, 3.63) is 23.0 Å². The Morgan fingerprint density at radius 3 is 2.67 bits per heavy atom. The lowest BCUT2D eigenvalue weighted by Gasteiger charge is -2.13.